The standard InChI is InChI=1S/C21H16FN3O3.C20H14FN3O3/c1-11-3-4-12(21(27)28-2)9-17(11)25-19-14-7-8-23-20(26)18(14)15-10-13(22)5-6-16(15)24-19;1-10-2-3-11(20(26)27)8-16(10)24-18-13-6-7-22-19(25)17(13)14-9-12(21)4-5-15(14)23-18/h3-10H,1-2H3,(H,23,26)(H,24,25);2-9H,1H3,(H,22,25)(H,23,24)(H,26,27). The van der Waals surface area contributed by atoms with Crippen LogP contribution in [-0.2, 0) is 4.74 Å². The molecule has 4 aromatic carbocycles. The molecule has 0 bridgehead atoms. The normalized spacial score (nSPS) is 11.0. The van der Waals surface area contributed by atoms with Gasteiger partial charge in [-0.3, -0.25) is 9.59 Å². The molecule has 274 valence electrons. The van der Waals surface area contributed by atoms with Crippen molar-refractivity contribution in [3.05, 3.63) is 152 Å². The minimum Gasteiger partial charge on any atom is -0.478 e. The lowest BCUT2D eigenvalue weighted by Crippen LogP contribution is -2.08. The maximum absolute atomic E-state index is 13.8. The number of pyridine rings is 4. The number of carbonyl (C=O) groups is 2. The first kappa shape index (κ1) is 35.9. The second-order valence-corrected chi connectivity index (χ2v) is 12.5. The predicted octanol–water partition coefficient (Wildman–Crippen LogP) is 8.02. The molecule has 14 heteroatoms. The van der Waals surface area contributed by atoms with E-state index >= 15 is 0 Å². The van der Waals surface area contributed by atoms with Crippen LogP contribution in [0.25, 0.3) is 43.4 Å². The lowest BCUT2D eigenvalue weighted by atomic mass is 10.1. The Labute approximate surface area is 309 Å². The number of ether oxygens (including phenoxy) is 1. The topological polar surface area (TPSA) is 179 Å². The number of anilines is 4. The number of rotatable bonds is 6. The monoisotopic (exact) mass is 740 g/mol. The van der Waals surface area contributed by atoms with Gasteiger partial charge in [-0.1, -0.05) is 12.1 Å². The average molecular weight is 741 g/mol. The van der Waals surface area contributed by atoms with Crippen LogP contribution in [0.2, 0.25) is 0 Å². The summed E-state index contributed by atoms with van der Waals surface area (Å²) in [6.45, 7) is 3.72. The summed E-state index contributed by atoms with van der Waals surface area (Å²) in [7, 11) is 1.32. The number of fused-ring (bicyclic) bond motifs is 6. The molecule has 0 saturated heterocycles. The summed E-state index contributed by atoms with van der Waals surface area (Å²) in [6.07, 6.45) is 3.00. The minimum absolute atomic E-state index is 0.133. The van der Waals surface area contributed by atoms with Gasteiger partial charge in [-0.25, -0.2) is 28.3 Å². The number of aryl methyl sites for hydroxylation is 2. The number of benzene rings is 4. The van der Waals surface area contributed by atoms with Crippen LogP contribution >= 0.6 is 0 Å². The Morgan fingerprint density at radius 3 is 1.55 bits per heavy atom. The van der Waals surface area contributed by atoms with Crippen LogP contribution in [0, 0.1) is 25.5 Å². The van der Waals surface area contributed by atoms with Crippen molar-refractivity contribution in [2.45, 2.75) is 13.8 Å². The van der Waals surface area contributed by atoms with Crippen LogP contribution in [0.15, 0.2) is 107 Å². The molecular formula is C41H30F2N6O6. The number of H-pyrrole nitrogens is 2. The van der Waals surface area contributed by atoms with Crippen LogP contribution in [0.5, 0.6) is 0 Å². The van der Waals surface area contributed by atoms with E-state index in [1.165, 1.54) is 68.0 Å². The van der Waals surface area contributed by atoms with E-state index in [2.05, 4.69) is 30.6 Å². The van der Waals surface area contributed by atoms with Gasteiger partial charge in [0.25, 0.3) is 11.1 Å². The van der Waals surface area contributed by atoms with Crippen LogP contribution in [0.3, 0.4) is 0 Å². The molecule has 0 saturated carbocycles. The first-order chi connectivity index (χ1) is 26.4. The quantitative estimate of drug-likeness (QED) is 0.0828. The number of carboxylic acids is 1. The van der Waals surface area contributed by atoms with Gasteiger partial charge in [0, 0.05) is 45.3 Å². The summed E-state index contributed by atoms with van der Waals surface area (Å²) >= 11 is 0. The van der Waals surface area contributed by atoms with E-state index in [1.807, 2.05) is 13.8 Å². The second kappa shape index (κ2) is 14.5. The number of hydrogen-bond donors (Lipinski definition) is 5. The number of carbonyl (C=O) groups excluding carboxylic acids is 1. The third-order valence-electron chi connectivity index (χ3n) is 9.00. The molecule has 0 atom stereocenters. The highest BCUT2D eigenvalue weighted by Crippen LogP contribution is 2.32. The zero-order chi connectivity index (χ0) is 39.0. The third-order valence-corrected chi connectivity index (χ3v) is 9.00. The lowest BCUT2D eigenvalue weighted by Gasteiger charge is -2.14. The van der Waals surface area contributed by atoms with Gasteiger partial charge in [-0.05, 0) is 97.8 Å². The van der Waals surface area contributed by atoms with Crippen LogP contribution in [0.4, 0.5) is 31.8 Å². The SMILES string of the molecule is COC(=O)c1ccc(C)c(Nc2nc3ccc(F)cc3c3c(=O)[nH]ccc23)c1.Cc1ccc(C(=O)O)cc1Nc1nc2ccc(F)cc2c2c(=O)[nH]ccc12. The number of nitrogens with zero attached hydrogens (tertiary/aromatic N) is 2. The van der Waals surface area contributed by atoms with Crippen LogP contribution in [0.1, 0.15) is 31.8 Å². The number of halogens is 2. The van der Waals surface area contributed by atoms with Gasteiger partial charge in [-0.15, -0.1) is 0 Å². The van der Waals surface area contributed by atoms with Crippen molar-refractivity contribution in [3.8, 4) is 0 Å². The van der Waals surface area contributed by atoms with Crippen molar-refractivity contribution >= 4 is 78.3 Å². The Bertz CT molecular complexity index is 2980. The predicted molar refractivity (Wildman–Crippen MR) is 207 cm³/mol. The summed E-state index contributed by atoms with van der Waals surface area (Å²) in [6, 6.07) is 21.4. The number of nitrogens with one attached hydrogen (secondary N) is 4. The molecule has 0 amide bonds. The first-order valence-electron chi connectivity index (χ1n) is 16.7. The Morgan fingerprint density at radius 1 is 0.636 bits per heavy atom. The molecule has 5 N–H and O–H groups in total. The molecule has 55 heavy (non-hydrogen) atoms. The van der Waals surface area contributed by atoms with Crippen molar-refractivity contribution in [2.24, 2.45) is 0 Å². The van der Waals surface area contributed by atoms with E-state index < -0.39 is 23.6 Å². The molecular weight excluding hydrogens is 710 g/mol. The van der Waals surface area contributed by atoms with Crippen LogP contribution in [-0.4, -0.2) is 44.1 Å². The number of carboxylic acid groups (broad SMARTS) is 1. The van der Waals surface area contributed by atoms with Gasteiger partial charge >= 0.3 is 11.9 Å². The van der Waals surface area contributed by atoms with E-state index in [-0.39, 0.29) is 16.7 Å². The molecule has 0 spiro atoms. The van der Waals surface area contributed by atoms with Crippen molar-refractivity contribution < 1.29 is 28.2 Å². The molecule has 12 nitrogen and oxygen atoms in total. The maximum atomic E-state index is 13.8. The molecule has 0 aliphatic carbocycles. The molecule has 4 heterocycles. The third kappa shape index (κ3) is 7.03. The molecule has 8 rings (SSSR count). The van der Waals surface area contributed by atoms with Crippen molar-refractivity contribution in [3.63, 3.8) is 0 Å². The molecule has 0 aliphatic heterocycles. The first-order valence-corrected chi connectivity index (χ1v) is 16.7. The highest BCUT2D eigenvalue weighted by atomic mass is 19.1. The molecule has 0 radical (unpaired) electrons. The Morgan fingerprint density at radius 2 is 1.09 bits per heavy atom. The Kier molecular flexibility index (Phi) is 9.47. The summed E-state index contributed by atoms with van der Waals surface area (Å²) in [5, 5.41) is 18.1. The smallest absolute Gasteiger partial charge is 0.337 e. The van der Waals surface area contributed by atoms with Crippen LogP contribution < -0.4 is 21.8 Å². The number of methoxy groups -OCH3 is 1. The summed E-state index contributed by atoms with van der Waals surface area (Å²) in [5.74, 6) is -1.57. The van der Waals surface area contributed by atoms with E-state index in [4.69, 9.17) is 4.74 Å². The minimum atomic E-state index is -1.04. The highest BCUT2D eigenvalue weighted by Gasteiger charge is 2.16. The average Bonchev–Trinajstić information content (AvgIpc) is 3.17. The molecule has 4 aromatic heterocycles. The number of aromatic nitrogens is 4. The maximum Gasteiger partial charge on any atom is 0.337 e. The summed E-state index contributed by atoms with van der Waals surface area (Å²) < 4.78 is 32.2. The molecule has 0 unspecified atom stereocenters. The number of aromatic amines is 2. The van der Waals surface area contributed by atoms with Gasteiger partial charge < -0.3 is 30.4 Å². The zero-order valence-electron chi connectivity index (χ0n) is 29.4. The largest absolute Gasteiger partial charge is 0.478 e. The fraction of sp³-hybridized carbons (Fsp3) is 0.0732. The van der Waals surface area contributed by atoms with E-state index in [9.17, 15) is 33.1 Å². The van der Waals surface area contributed by atoms with Gasteiger partial charge in [0.15, 0.2) is 0 Å². The fourth-order valence-electron chi connectivity index (χ4n) is 6.20. The number of hydrogen-bond acceptors (Lipinski definition) is 9. The highest BCUT2D eigenvalue weighted by molar-refractivity contribution is 6.11. The molecule has 8 aromatic rings. The zero-order valence-corrected chi connectivity index (χ0v) is 29.4. The summed E-state index contributed by atoms with van der Waals surface area (Å²) in [5.41, 5.74) is 3.68. The summed E-state index contributed by atoms with van der Waals surface area (Å²) in [4.78, 5) is 62.3. The molecule has 0 fully saturated rings. The second-order valence-electron chi connectivity index (χ2n) is 12.5. The van der Waals surface area contributed by atoms with E-state index in [0.717, 1.165) is 11.1 Å². The van der Waals surface area contributed by atoms with Gasteiger partial charge in [0.05, 0.1) is 40.0 Å². The van der Waals surface area contributed by atoms with E-state index in [1.54, 1.807) is 36.4 Å². The Hall–Kier alpha value is -7.48. The van der Waals surface area contributed by atoms with Gasteiger partial charge in [-0.2, -0.15) is 0 Å². The van der Waals surface area contributed by atoms with Crippen molar-refractivity contribution in [1.29, 1.82) is 0 Å². The number of aromatic carboxylic acids is 1. The Balaban J connectivity index is 0.000000169. The van der Waals surface area contributed by atoms with Crippen molar-refractivity contribution in [2.75, 3.05) is 17.7 Å². The van der Waals surface area contributed by atoms with Crippen molar-refractivity contribution in [1.82, 2.24) is 19.9 Å². The fourth-order valence-corrected chi connectivity index (χ4v) is 6.20. The van der Waals surface area contributed by atoms with Gasteiger partial charge in [0.1, 0.15) is 23.3 Å². The van der Waals surface area contributed by atoms with Gasteiger partial charge in [0.2, 0.25) is 0 Å². The molecule has 0 aliphatic rings. The lowest BCUT2D eigenvalue weighted by molar-refractivity contribution is 0.0599. The van der Waals surface area contributed by atoms with E-state index in [0.29, 0.717) is 71.9 Å². The number of esters is 1.